The Labute approximate surface area is 143 Å². The second-order valence-corrected chi connectivity index (χ2v) is 5.65. The number of H-pyrrole nitrogens is 2. The first-order valence-electron chi connectivity index (χ1n) is 7.69. The van der Waals surface area contributed by atoms with Crippen molar-refractivity contribution in [1.82, 2.24) is 30.8 Å². The Hall–Kier alpha value is -4.08. The van der Waals surface area contributed by atoms with E-state index < -0.39 is 10.9 Å². The first-order chi connectivity index (χ1) is 12.7. The van der Waals surface area contributed by atoms with Crippen molar-refractivity contribution in [2.45, 2.75) is 0 Å². The molecule has 0 aliphatic rings. The van der Waals surface area contributed by atoms with Crippen LogP contribution in [0.2, 0.25) is 0 Å². The van der Waals surface area contributed by atoms with Gasteiger partial charge < -0.3 is 10.6 Å². The Morgan fingerprint density at radius 1 is 0.654 bits per heavy atom. The SMILES string of the molecule is O=c1c(Nc2cccc3n[nH]nc23)c(Nc2cccc3n[nH]nc23)c1=O. The second-order valence-electron chi connectivity index (χ2n) is 5.65. The lowest BCUT2D eigenvalue weighted by Crippen LogP contribution is -2.35. The van der Waals surface area contributed by atoms with E-state index in [0.29, 0.717) is 33.4 Å². The molecule has 0 saturated heterocycles. The normalized spacial score (nSPS) is 11.4. The fraction of sp³-hybridized carbons (Fsp3) is 0. The summed E-state index contributed by atoms with van der Waals surface area (Å²) < 4.78 is 0. The van der Waals surface area contributed by atoms with Crippen molar-refractivity contribution in [2.75, 3.05) is 10.6 Å². The summed E-state index contributed by atoms with van der Waals surface area (Å²) in [6.45, 7) is 0. The van der Waals surface area contributed by atoms with E-state index in [1.54, 1.807) is 36.4 Å². The molecule has 0 aliphatic heterocycles. The van der Waals surface area contributed by atoms with Gasteiger partial charge in [-0.15, -0.1) is 0 Å². The van der Waals surface area contributed by atoms with Gasteiger partial charge >= 0.3 is 0 Å². The molecule has 0 unspecified atom stereocenters. The van der Waals surface area contributed by atoms with E-state index in [1.807, 2.05) is 0 Å². The minimum absolute atomic E-state index is 0.172. The van der Waals surface area contributed by atoms with Gasteiger partial charge in [0.15, 0.2) is 0 Å². The third kappa shape index (κ3) is 1.99. The van der Waals surface area contributed by atoms with Crippen LogP contribution in [0.4, 0.5) is 22.7 Å². The van der Waals surface area contributed by atoms with E-state index in [1.165, 1.54) is 0 Å². The molecule has 2 aromatic heterocycles. The molecule has 2 heterocycles. The number of hydrogen-bond donors (Lipinski definition) is 4. The van der Waals surface area contributed by atoms with Gasteiger partial charge in [0.1, 0.15) is 33.4 Å². The van der Waals surface area contributed by atoms with Crippen molar-refractivity contribution in [1.29, 1.82) is 0 Å². The highest BCUT2D eigenvalue weighted by Gasteiger charge is 2.23. The molecule has 10 heteroatoms. The van der Waals surface area contributed by atoms with Crippen LogP contribution in [-0.2, 0) is 0 Å². The van der Waals surface area contributed by atoms with Gasteiger partial charge in [0.25, 0.3) is 10.9 Å². The molecule has 26 heavy (non-hydrogen) atoms. The zero-order valence-corrected chi connectivity index (χ0v) is 13.1. The van der Waals surface area contributed by atoms with Crippen LogP contribution in [0.3, 0.4) is 0 Å². The lowest BCUT2D eigenvalue weighted by molar-refractivity contribution is 0.959. The average molecular weight is 346 g/mol. The summed E-state index contributed by atoms with van der Waals surface area (Å²) in [4.78, 5) is 24.1. The number of nitrogens with zero attached hydrogens (tertiary/aromatic N) is 4. The standard InChI is InChI=1S/C16H10N8O2/c25-15-13(17-7-3-1-5-9-11(7)21-23-19-9)14(16(15)26)18-8-4-2-6-10-12(8)22-24-20-10/h1-6,17-18H,(H,19,21,23)(H,20,22,24). The summed E-state index contributed by atoms with van der Waals surface area (Å²) in [5, 5.41) is 27.1. The Bertz CT molecular complexity index is 1240. The second kappa shape index (κ2) is 5.21. The number of rotatable bonds is 4. The van der Waals surface area contributed by atoms with Crippen LogP contribution in [0.5, 0.6) is 0 Å². The van der Waals surface area contributed by atoms with E-state index in [9.17, 15) is 9.59 Å². The van der Waals surface area contributed by atoms with Gasteiger partial charge in [-0.2, -0.15) is 30.8 Å². The molecule has 0 bridgehead atoms. The summed E-state index contributed by atoms with van der Waals surface area (Å²) in [5.74, 6) is 0. The molecule has 0 atom stereocenters. The molecular formula is C16H10N8O2. The maximum Gasteiger partial charge on any atom is 0.253 e. The molecular weight excluding hydrogens is 336 g/mol. The molecule has 0 amide bonds. The van der Waals surface area contributed by atoms with Gasteiger partial charge in [0, 0.05) is 0 Å². The number of aromatic amines is 2. The van der Waals surface area contributed by atoms with Crippen LogP contribution in [0, 0.1) is 0 Å². The number of benzene rings is 2. The number of hydrogen-bond acceptors (Lipinski definition) is 8. The van der Waals surface area contributed by atoms with Crippen molar-refractivity contribution in [2.24, 2.45) is 0 Å². The highest BCUT2D eigenvalue weighted by molar-refractivity contribution is 5.95. The third-order valence-corrected chi connectivity index (χ3v) is 4.12. The Morgan fingerprint density at radius 2 is 1.12 bits per heavy atom. The van der Waals surface area contributed by atoms with E-state index in [-0.39, 0.29) is 11.4 Å². The van der Waals surface area contributed by atoms with Crippen molar-refractivity contribution in [3.63, 3.8) is 0 Å². The van der Waals surface area contributed by atoms with Crippen molar-refractivity contribution < 1.29 is 0 Å². The van der Waals surface area contributed by atoms with Crippen LogP contribution in [0.1, 0.15) is 0 Å². The van der Waals surface area contributed by atoms with Crippen molar-refractivity contribution in [3.8, 4) is 0 Å². The van der Waals surface area contributed by atoms with Gasteiger partial charge in [-0.3, -0.25) is 9.59 Å². The van der Waals surface area contributed by atoms with Crippen LogP contribution in [0.15, 0.2) is 46.0 Å². The first-order valence-corrected chi connectivity index (χ1v) is 7.69. The third-order valence-electron chi connectivity index (χ3n) is 4.12. The predicted octanol–water partition coefficient (Wildman–Crippen LogP) is 1.31. The number of para-hydroxylation sites is 2. The Morgan fingerprint density at radius 3 is 1.58 bits per heavy atom. The van der Waals surface area contributed by atoms with Crippen LogP contribution in [0.25, 0.3) is 22.1 Å². The van der Waals surface area contributed by atoms with Gasteiger partial charge in [0.2, 0.25) is 0 Å². The number of anilines is 4. The number of fused-ring (bicyclic) bond motifs is 2. The predicted molar refractivity (Wildman–Crippen MR) is 95.7 cm³/mol. The maximum atomic E-state index is 12.1. The zero-order chi connectivity index (χ0) is 17.7. The molecule has 5 aromatic rings. The lowest BCUT2D eigenvalue weighted by Gasteiger charge is -2.15. The number of nitrogens with one attached hydrogen (secondary N) is 4. The highest BCUT2D eigenvalue weighted by Crippen LogP contribution is 2.29. The van der Waals surface area contributed by atoms with Crippen molar-refractivity contribution >= 4 is 44.8 Å². The highest BCUT2D eigenvalue weighted by atomic mass is 16.2. The van der Waals surface area contributed by atoms with Gasteiger partial charge in [-0.25, -0.2) is 0 Å². The Kier molecular flexibility index (Phi) is 2.86. The maximum absolute atomic E-state index is 12.1. The summed E-state index contributed by atoms with van der Waals surface area (Å²) >= 11 is 0. The number of aromatic nitrogens is 6. The molecule has 0 radical (unpaired) electrons. The lowest BCUT2D eigenvalue weighted by atomic mass is 10.1. The molecule has 4 N–H and O–H groups in total. The molecule has 10 nitrogen and oxygen atoms in total. The summed E-state index contributed by atoms with van der Waals surface area (Å²) in [5.41, 5.74) is 2.75. The smallest absolute Gasteiger partial charge is 0.253 e. The molecule has 5 rings (SSSR count). The molecule has 0 spiro atoms. The summed E-state index contributed by atoms with van der Waals surface area (Å²) in [6, 6.07) is 10.6. The van der Waals surface area contributed by atoms with E-state index >= 15 is 0 Å². The molecule has 0 aliphatic carbocycles. The quantitative estimate of drug-likeness (QED) is 0.357. The van der Waals surface area contributed by atoms with Gasteiger partial charge in [-0.1, -0.05) is 12.1 Å². The molecule has 0 saturated carbocycles. The topological polar surface area (TPSA) is 141 Å². The van der Waals surface area contributed by atoms with Crippen LogP contribution in [-0.4, -0.2) is 30.8 Å². The van der Waals surface area contributed by atoms with E-state index in [0.717, 1.165) is 0 Å². The van der Waals surface area contributed by atoms with Crippen LogP contribution >= 0.6 is 0 Å². The fourth-order valence-electron chi connectivity index (χ4n) is 2.84. The Balaban J connectivity index is 1.55. The van der Waals surface area contributed by atoms with Crippen LogP contribution < -0.4 is 21.5 Å². The zero-order valence-electron chi connectivity index (χ0n) is 13.1. The van der Waals surface area contributed by atoms with Gasteiger partial charge in [-0.05, 0) is 24.3 Å². The largest absolute Gasteiger partial charge is 0.348 e. The monoisotopic (exact) mass is 346 g/mol. The average Bonchev–Trinajstić information content (AvgIpc) is 3.33. The van der Waals surface area contributed by atoms with E-state index in [4.69, 9.17) is 0 Å². The fourth-order valence-corrected chi connectivity index (χ4v) is 2.84. The summed E-state index contributed by atoms with van der Waals surface area (Å²) in [6.07, 6.45) is 0. The van der Waals surface area contributed by atoms with Crippen molar-refractivity contribution in [3.05, 3.63) is 56.8 Å². The minimum Gasteiger partial charge on any atom is -0.348 e. The minimum atomic E-state index is -0.597. The molecule has 3 aromatic carbocycles. The van der Waals surface area contributed by atoms with Gasteiger partial charge in [0.05, 0.1) is 11.4 Å². The molecule has 0 fully saturated rings. The van der Waals surface area contributed by atoms with E-state index in [2.05, 4.69) is 41.5 Å². The first kappa shape index (κ1) is 14.3. The summed E-state index contributed by atoms with van der Waals surface area (Å²) in [7, 11) is 0. The molecule has 126 valence electrons.